The average Bonchev–Trinajstić information content (AvgIpc) is 2.93. The van der Waals surface area contributed by atoms with Crippen LogP contribution in [-0.2, 0) is 6.54 Å². The lowest BCUT2D eigenvalue weighted by atomic mass is 10.1. The summed E-state index contributed by atoms with van der Waals surface area (Å²) >= 11 is 1.57. The number of carbonyl (C=O) groups is 1. The fourth-order valence-electron chi connectivity index (χ4n) is 2.92. The Kier molecular flexibility index (Phi) is 5.04. The highest BCUT2D eigenvalue weighted by Crippen LogP contribution is 2.23. The van der Waals surface area contributed by atoms with Crippen molar-refractivity contribution in [3.05, 3.63) is 57.9 Å². The molecule has 0 unspecified atom stereocenters. The van der Waals surface area contributed by atoms with Crippen LogP contribution in [0.25, 0.3) is 10.2 Å². The molecule has 0 saturated carbocycles. The lowest BCUT2D eigenvalue weighted by molar-refractivity contribution is 0.0998. The summed E-state index contributed by atoms with van der Waals surface area (Å²) in [5.41, 5.74) is 4.14. The lowest BCUT2D eigenvalue weighted by Gasteiger charge is -2.03. The maximum Gasteiger partial charge on any atom is 0.279 e. The molecule has 0 N–H and O–H groups in total. The Balaban J connectivity index is 2.05. The molecule has 3 rings (SSSR count). The van der Waals surface area contributed by atoms with E-state index in [0.717, 1.165) is 22.6 Å². The molecule has 2 aromatic carbocycles. The second kappa shape index (κ2) is 7.23. The zero-order valence-electron chi connectivity index (χ0n) is 15.0. The number of ether oxygens (including phenoxy) is 1. The number of thiazole rings is 1. The van der Waals surface area contributed by atoms with Gasteiger partial charge in [0.1, 0.15) is 5.75 Å². The smallest absolute Gasteiger partial charge is 0.279 e. The molecule has 1 aromatic heterocycles. The predicted octanol–water partition coefficient (Wildman–Crippen LogP) is 4.48. The van der Waals surface area contributed by atoms with E-state index in [-0.39, 0.29) is 5.91 Å². The van der Waals surface area contributed by atoms with Gasteiger partial charge in [-0.1, -0.05) is 17.4 Å². The zero-order chi connectivity index (χ0) is 18.0. The third kappa shape index (κ3) is 3.51. The summed E-state index contributed by atoms with van der Waals surface area (Å²) in [5.74, 6) is 0.529. The van der Waals surface area contributed by atoms with E-state index in [9.17, 15) is 4.79 Å². The van der Waals surface area contributed by atoms with Crippen LogP contribution in [-0.4, -0.2) is 17.1 Å². The van der Waals surface area contributed by atoms with Gasteiger partial charge in [-0.2, -0.15) is 4.99 Å². The van der Waals surface area contributed by atoms with E-state index in [0.29, 0.717) is 12.2 Å². The lowest BCUT2D eigenvalue weighted by Crippen LogP contribution is -2.15. The van der Waals surface area contributed by atoms with Gasteiger partial charge in [0.2, 0.25) is 0 Å². The van der Waals surface area contributed by atoms with Crippen molar-refractivity contribution in [2.24, 2.45) is 4.99 Å². The van der Waals surface area contributed by atoms with Crippen molar-refractivity contribution in [1.29, 1.82) is 0 Å². The standard InChI is InChI=1S/C20H22N2O2S/c1-5-22-17-12-13(3)11-14(4)18(17)25-20(22)21-19(23)15-7-9-16(10-8-15)24-6-2/h7-12H,5-6H2,1-4H3. The van der Waals surface area contributed by atoms with Crippen molar-refractivity contribution in [3.8, 4) is 5.75 Å². The van der Waals surface area contributed by atoms with E-state index in [1.54, 1.807) is 35.6 Å². The van der Waals surface area contributed by atoms with Crippen molar-refractivity contribution < 1.29 is 9.53 Å². The van der Waals surface area contributed by atoms with Gasteiger partial charge in [0.05, 0.1) is 16.8 Å². The van der Waals surface area contributed by atoms with Gasteiger partial charge in [-0.15, -0.1) is 0 Å². The molecule has 0 bridgehead atoms. The first-order valence-corrected chi connectivity index (χ1v) is 9.27. The molecule has 0 fully saturated rings. The third-order valence-corrected chi connectivity index (χ3v) is 5.27. The molecule has 0 radical (unpaired) electrons. The topological polar surface area (TPSA) is 43.6 Å². The molecule has 5 heteroatoms. The van der Waals surface area contributed by atoms with Gasteiger partial charge < -0.3 is 9.30 Å². The highest BCUT2D eigenvalue weighted by atomic mass is 32.1. The Morgan fingerprint density at radius 1 is 1.16 bits per heavy atom. The van der Waals surface area contributed by atoms with E-state index in [2.05, 4.69) is 42.5 Å². The van der Waals surface area contributed by atoms with Crippen molar-refractivity contribution in [1.82, 2.24) is 4.57 Å². The van der Waals surface area contributed by atoms with Crippen LogP contribution in [0.2, 0.25) is 0 Å². The van der Waals surface area contributed by atoms with Crippen LogP contribution in [0, 0.1) is 13.8 Å². The zero-order valence-corrected chi connectivity index (χ0v) is 15.8. The number of rotatable bonds is 4. The average molecular weight is 354 g/mol. The molecule has 0 saturated heterocycles. The number of amides is 1. The maximum atomic E-state index is 12.6. The molecule has 0 aliphatic carbocycles. The molecular formula is C20H22N2O2S. The SMILES string of the molecule is CCOc1ccc(C(=O)N=c2sc3c(C)cc(C)cc3n2CC)cc1. The van der Waals surface area contributed by atoms with Gasteiger partial charge in [0.25, 0.3) is 5.91 Å². The minimum absolute atomic E-state index is 0.230. The fourth-order valence-corrected chi connectivity index (χ4v) is 4.06. The number of aryl methyl sites for hydroxylation is 3. The normalized spacial score (nSPS) is 11.9. The number of carbonyl (C=O) groups excluding carboxylic acids is 1. The first-order valence-electron chi connectivity index (χ1n) is 8.46. The molecule has 130 valence electrons. The van der Waals surface area contributed by atoms with Crippen LogP contribution < -0.4 is 9.54 Å². The number of hydrogen-bond donors (Lipinski definition) is 0. The van der Waals surface area contributed by atoms with Crippen LogP contribution in [0.3, 0.4) is 0 Å². The summed E-state index contributed by atoms with van der Waals surface area (Å²) in [6.07, 6.45) is 0. The molecule has 1 amide bonds. The molecule has 0 aliphatic rings. The van der Waals surface area contributed by atoms with Gasteiger partial charge in [0.15, 0.2) is 4.80 Å². The van der Waals surface area contributed by atoms with E-state index >= 15 is 0 Å². The quantitative estimate of drug-likeness (QED) is 0.693. The van der Waals surface area contributed by atoms with Crippen molar-refractivity contribution in [2.45, 2.75) is 34.2 Å². The number of nitrogens with zero attached hydrogens (tertiary/aromatic N) is 2. The molecule has 1 heterocycles. The molecule has 3 aromatic rings. The molecule has 0 aliphatic heterocycles. The predicted molar refractivity (Wildman–Crippen MR) is 102 cm³/mol. The Hall–Kier alpha value is -2.40. The minimum atomic E-state index is -0.230. The Labute approximate surface area is 151 Å². The summed E-state index contributed by atoms with van der Waals surface area (Å²) < 4.78 is 8.71. The first-order chi connectivity index (χ1) is 12.0. The van der Waals surface area contributed by atoms with Crippen LogP contribution >= 0.6 is 11.3 Å². The highest BCUT2D eigenvalue weighted by Gasteiger charge is 2.10. The van der Waals surface area contributed by atoms with Crippen LogP contribution in [0.5, 0.6) is 5.75 Å². The third-order valence-electron chi connectivity index (χ3n) is 4.04. The van der Waals surface area contributed by atoms with Gasteiger partial charge >= 0.3 is 0 Å². The first kappa shape index (κ1) is 17.4. The van der Waals surface area contributed by atoms with Crippen molar-refractivity contribution in [3.63, 3.8) is 0 Å². The largest absolute Gasteiger partial charge is 0.494 e. The summed E-state index contributed by atoms with van der Waals surface area (Å²) in [4.78, 5) is 17.7. The minimum Gasteiger partial charge on any atom is -0.494 e. The van der Waals surface area contributed by atoms with Crippen LogP contribution in [0.1, 0.15) is 35.3 Å². The molecule has 25 heavy (non-hydrogen) atoms. The molecule has 4 nitrogen and oxygen atoms in total. The van der Waals surface area contributed by atoms with E-state index < -0.39 is 0 Å². The highest BCUT2D eigenvalue weighted by molar-refractivity contribution is 7.16. The number of hydrogen-bond acceptors (Lipinski definition) is 3. The second-order valence-electron chi connectivity index (χ2n) is 5.93. The van der Waals surface area contributed by atoms with Gasteiger partial charge in [-0.05, 0) is 69.2 Å². The summed E-state index contributed by atoms with van der Waals surface area (Å²) in [5, 5.41) is 0. The van der Waals surface area contributed by atoms with E-state index in [4.69, 9.17) is 4.74 Å². The monoisotopic (exact) mass is 354 g/mol. The Morgan fingerprint density at radius 3 is 2.52 bits per heavy atom. The van der Waals surface area contributed by atoms with E-state index in [1.165, 1.54) is 15.8 Å². The number of fused-ring (bicyclic) bond motifs is 1. The number of aromatic nitrogens is 1. The number of benzene rings is 2. The van der Waals surface area contributed by atoms with Gasteiger partial charge in [-0.3, -0.25) is 4.79 Å². The van der Waals surface area contributed by atoms with Crippen molar-refractivity contribution >= 4 is 27.5 Å². The Bertz CT molecular complexity index is 981. The Morgan fingerprint density at radius 2 is 1.88 bits per heavy atom. The maximum absolute atomic E-state index is 12.6. The van der Waals surface area contributed by atoms with Crippen LogP contribution in [0.4, 0.5) is 0 Å². The van der Waals surface area contributed by atoms with Gasteiger partial charge in [0, 0.05) is 12.1 Å². The van der Waals surface area contributed by atoms with Crippen LogP contribution in [0.15, 0.2) is 41.4 Å². The van der Waals surface area contributed by atoms with E-state index in [1.807, 2.05) is 6.92 Å². The van der Waals surface area contributed by atoms with Crippen molar-refractivity contribution in [2.75, 3.05) is 6.61 Å². The summed E-state index contributed by atoms with van der Waals surface area (Å²) in [6.45, 7) is 9.58. The second-order valence-corrected chi connectivity index (χ2v) is 6.91. The molecule has 0 atom stereocenters. The van der Waals surface area contributed by atoms with Gasteiger partial charge in [-0.25, -0.2) is 0 Å². The summed E-state index contributed by atoms with van der Waals surface area (Å²) in [7, 11) is 0. The summed E-state index contributed by atoms with van der Waals surface area (Å²) in [6, 6.07) is 11.4. The fraction of sp³-hybridized carbons (Fsp3) is 0.300. The molecular weight excluding hydrogens is 332 g/mol. The molecule has 0 spiro atoms.